The highest BCUT2D eigenvalue weighted by Gasteiger charge is 2.44. The Morgan fingerprint density at radius 1 is 0.305 bits per heavy atom. The molecule has 0 aliphatic carbocycles. The molecule has 792 valence electrons. The number of benzene rings is 4. The zero-order valence-electron chi connectivity index (χ0n) is 89.8. The van der Waals surface area contributed by atoms with E-state index in [1.807, 2.05) is 38.1 Å². The van der Waals surface area contributed by atoms with Gasteiger partial charge in [-0.05, 0) is 139 Å². The van der Waals surface area contributed by atoms with Crippen molar-refractivity contribution in [2.24, 2.45) is 11.8 Å². The van der Waals surface area contributed by atoms with Crippen LogP contribution in [0.1, 0.15) is 538 Å². The minimum absolute atomic E-state index is 0.0421. The van der Waals surface area contributed by atoms with Crippen molar-refractivity contribution in [3.63, 3.8) is 0 Å². The van der Waals surface area contributed by atoms with Crippen molar-refractivity contribution in [1.82, 2.24) is 0 Å². The van der Waals surface area contributed by atoms with Gasteiger partial charge in [0.05, 0.1) is 22.5 Å². The number of nitrogens with zero attached hydrogens (tertiary/aromatic N) is 2. The summed E-state index contributed by atoms with van der Waals surface area (Å²) >= 11 is 5.06. The van der Waals surface area contributed by atoms with Crippen LogP contribution in [0.2, 0.25) is 0 Å². The molecule has 6 aliphatic heterocycles. The van der Waals surface area contributed by atoms with Gasteiger partial charge in [0.15, 0.2) is 10.2 Å². The van der Waals surface area contributed by atoms with E-state index in [9.17, 15) is 19.2 Å². The molecule has 141 heavy (non-hydrogen) atoms. The third kappa shape index (κ3) is 45.6. The predicted molar refractivity (Wildman–Crippen MR) is 663 cm³/mol. The first-order valence-corrected chi connectivity index (χ1v) is 80.1. The van der Waals surface area contributed by atoms with E-state index >= 15 is 9.59 Å². The summed E-state index contributed by atoms with van der Waals surface area (Å²) < 4.78 is 0. The van der Waals surface area contributed by atoms with Gasteiger partial charge in [-0.2, -0.15) is 0 Å². The molecule has 0 fully saturated rings. The summed E-state index contributed by atoms with van der Waals surface area (Å²) in [7, 11) is 18.9. The quantitative estimate of drug-likeness (QED) is 0.0241. The average Bonchev–Trinajstić information content (AvgIpc) is 1.55. The SMILES string of the molecule is CCCCCCCCCCCCCCCCCCC(CCCCCCCCCCCCCCCCCC)CCN1C(=O)C(=C(C)C)c2ccc3c4c(ccc3c21)/C(=C1\C(=O)Sc2cc3c(cc21)SC(=O)C3=C(C)C)C(=O)N4CCC(CCCCCCCCCCCCCCCCCC)CCCCCCCCCCCCCCCCCC.O=C1Cc2cc3c(cc2S1)CC(=O)S3.PPP(P)P(P(P)P)P(P)P. The summed E-state index contributed by atoms with van der Waals surface area (Å²) in [4.78, 5) is 90.5. The number of rotatable bonds is 78. The molecule has 0 saturated carbocycles. The highest BCUT2D eigenvalue weighted by atomic mass is 33.2. The predicted octanol–water partition coefficient (Wildman–Crippen LogP) is 43.9. The lowest BCUT2D eigenvalue weighted by Crippen LogP contribution is -2.30. The molecule has 10 rings (SSSR count). The number of hydrogen-bond acceptors (Lipinski definition) is 10. The Balaban J connectivity index is 0.000000836. The second-order valence-electron chi connectivity index (χ2n) is 42.6. The van der Waals surface area contributed by atoms with Crippen LogP contribution in [0.15, 0.2) is 79.3 Å². The summed E-state index contributed by atoms with van der Waals surface area (Å²) in [6.07, 6.45) is 95.7. The van der Waals surface area contributed by atoms with E-state index in [0.29, 0.717) is 48.9 Å². The third-order valence-electron chi connectivity index (χ3n) is 30.3. The number of anilines is 2. The standard InChI is InChI=1S/C108H176N2O4S2.C10H6O2S2.H13P11/c1-9-13-17-21-25-29-33-37-41-45-49-53-57-61-65-69-73-89(74-70-66-62-58-54-50-46-42-38-34-30-26-22-18-14-10-2)81-83-109-103-91-78-80-94-101(102-96-86-97-95(85-98(96)116-108(102)114)100(88(7)8)107(113)115-97)106(112)110(104(94)92(91)77-79-93(103)99(87(5)6)105(109)111)84-82-90(75-71-67-63-59-55-51-47-43-39-35-31-27-23-19-15-11-3)76-72-68-64-60-56-52-48-44-40-36-32-28-24-20-16-12-4;11-9-3-5-1-7-6(2-8(5)14-9)4-10(12)13-7;1-7-10(6)11(8(2)3)9(4)5/h77-80,85-86,89-90H,9-76,81-84H2,1-8H3;1-2H,3-4H2;7H,1-6H2/b102-101+;;. The van der Waals surface area contributed by atoms with Crippen molar-refractivity contribution in [3.05, 3.63) is 93.1 Å². The maximum absolute atomic E-state index is 16.2. The normalized spacial score (nSPS) is 15.1. The molecule has 4 aromatic rings. The molecule has 0 spiro atoms. The maximum atomic E-state index is 16.2. The minimum atomic E-state index is -0.104. The number of carbonyl (C=O) groups excluding carboxylic acids is 6. The Labute approximate surface area is 899 Å². The highest BCUT2D eigenvalue weighted by Crippen LogP contribution is 3.12. The molecule has 0 N–H and O–H groups in total. The molecule has 23 heteroatoms. The van der Waals surface area contributed by atoms with Crippen molar-refractivity contribution in [1.29, 1.82) is 0 Å². The van der Waals surface area contributed by atoms with Crippen molar-refractivity contribution < 1.29 is 28.8 Å². The summed E-state index contributed by atoms with van der Waals surface area (Å²) in [5, 5.41) is 2.37. The first kappa shape index (κ1) is 126. The van der Waals surface area contributed by atoms with Gasteiger partial charge in [0.25, 0.3) is 11.8 Å². The molecule has 6 heterocycles. The molecule has 8 atom stereocenters. The molecule has 8 unspecified atom stereocenters. The smallest absolute Gasteiger partial charge is 0.259 e. The molecule has 8 nitrogen and oxygen atoms in total. The zero-order valence-corrected chi connectivity index (χ0v) is 105. The van der Waals surface area contributed by atoms with Crippen LogP contribution in [-0.4, -0.2) is 45.4 Å². The first-order valence-electron chi connectivity index (χ1n) is 57.6. The van der Waals surface area contributed by atoms with Gasteiger partial charge in [0.1, 0.15) is 0 Å². The average molecular weight is 2210 g/mol. The van der Waals surface area contributed by atoms with Crippen LogP contribution in [0.25, 0.3) is 33.1 Å². The van der Waals surface area contributed by atoms with Crippen LogP contribution in [0.4, 0.5) is 11.4 Å². The van der Waals surface area contributed by atoms with Gasteiger partial charge in [-0.15, -0.1) is 53.6 Å². The van der Waals surface area contributed by atoms with Crippen LogP contribution in [0.3, 0.4) is 0 Å². The summed E-state index contributed by atoms with van der Waals surface area (Å²) in [6.45, 7) is 19.5. The molecule has 0 saturated heterocycles. The van der Waals surface area contributed by atoms with Crippen LogP contribution in [0.5, 0.6) is 0 Å². The number of hydrogen-bond donors (Lipinski definition) is 0. The topological polar surface area (TPSA) is 109 Å². The van der Waals surface area contributed by atoms with E-state index in [4.69, 9.17) is 0 Å². The van der Waals surface area contributed by atoms with Gasteiger partial charge in [0, 0.05) is 89.7 Å². The Kier molecular flexibility index (Phi) is 67.9. The van der Waals surface area contributed by atoms with E-state index in [1.165, 1.54) is 484 Å². The minimum Gasteiger partial charge on any atom is -0.307 e. The Bertz CT molecular complexity index is 4290. The highest BCUT2D eigenvalue weighted by molar-refractivity contribution is 9.18. The largest absolute Gasteiger partial charge is 0.307 e. The van der Waals surface area contributed by atoms with Gasteiger partial charge in [-0.3, -0.25) is 28.8 Å². The van der Waals surface area contributed by atoms with Gasteiger partial charge in [-0.25, -0.2) is 0 Å². The fourth-order valence-corrected chi connectivity index (χ4v) is 121. The molecule has 0 aromatic heterocycles. The van der Waals surface area contributed by atoms with E-state index < -0.39 is 0 Å². The van der Waals surface area contributed by atoms with E-state index in [2.05, 4.69) is 129 Å². The number of fused-ring (bicyclic) bond motifs is 9. The van der Waals surface area contributed by atoms with Gasteiger partial charge >= 0.3 is 0 Å². The molecule has 4 aromatic carbocycles. The number of unbranched alkanes of at least 4 members (excludes halogenated alkanes) is 60. The Hall–Kier alpha value is 0.110. The van der Waals surface area contributed by atoms with Crippen LogP contribution in [0, 0.1) is 11.8 Å². The zero-order chi connectivity index (χ0) is 101. The lowest BCUT2D eigenvalue weighted by atomic mass is 9.90. The fourth-order valence-electron chi connectivity index (χ4n) is 22.1. The first-order chi connectivity index (χ1) is 68.7. The van der Waals surface area contributed by atoms with E-state index in [0.717, 1.165) is 118 Å². The fraction of sp³-hybridized carbons (Fsp3) is 0.712. The van der Waals surface area contributed by atoms with Crippen LogP contribution < -0.4 is 9.80 Å². The monoisotopic (exact) mass is 2210 g/mol. The van der Waals surface area contributed by atoms with Crippen LogP contribution in [-0.2, 0) is 41.6 Å². The van der Waals surface area contributed by atoms with E-state index in [1.54, 1.807) is 0 Å². The second-order valence-corrected chi connectivity index (χ2v) is 85.9. The molecular formula is C118H195N2O6P11S4. The third-order valence-corrected chi connectivity index (χ3v) is 93.2. The van der Waals surface area contributed by atoms with Gasteiger partial charge in [-0.1, -0.05) is 531 Å². The van der Waals surface area contributed by atoms with Crippen molar-refractivity contribution in [2.45, 2.75) is 537 Å². The van der Waals surface area contributed by atoms with Crippen molar-refractivity contribution in [2.75, 3.05) is 22.9 Å². The number of thioether (sulfide) groups is 4. The molecule has 2 amide bonds. The maximum Gasteiger partial charge on any atom is 0.259 e. The van der Waals surface area contributed by atoms with Crippen molar-refractivity contribution >= 4 is 213 Å². The number of carbonyl (C=O) groups is 6. The number of amides is 2. The van der Waals surface area contributed by atoms with Crippen molar-refractivity contribution in [3.8, 4) is 0 Å². The Morgan fingerprint density at radius 3 is 0.879 bits per heavy atom. The molecule has 0 bridgehead atoms. The number of allylic oxidation sites excluding steroid dienone is 2. The molecular weight excluding hydrogens is 2010 g/mol. The summed E-state index contributed by atoms with van der Waals surface area (Å²) in [6, 6.07) is 16.9. The molecule has 6 aliphatic rings. The lowest BCUT2D eigenvalue weighted by molar-refractivity contribution is -0.113. The van der Waals surface area contributed by atoms with Gasteiger partial charge in [0.2, 0.25) is 10.2 Å². The lowest BCUT2D eigenvalue weighted by Gasteiger charge is -2.29. The van der Waals surface area contributed by atoms with Gasteiger partial charge < -0.3 is 9.80 Å². The second kappa shape index (κ2) is 75.8. The van der Waals surface area contributed by atoms with E-state index in [-0.39, 0.29) is 60.2 Å². The Morgan fingerprint density at radius 2 is 0.582 bits per heavy atom. The van der Waals surface area contributed by atoms with Crippen LogP contribution >= 0.6 is 137 Å². The summed E-state index contributed by atoms with van der Waals surface area (Å²) in [5.74, 6) is 1.07. The molecule has 0 radical (unpaired) electrons. The summed E-state index contributed by atoms with van der Waals surface area (Å²) in [5.41, 5.74) is 12.1.